The number of phenols is 1. The van der Waals surface area contributed by atoms with Crippen LogP contribution >= 0.6 is 0 Å². The van der Waals surface area contributed by atoms with E-state index in [1.54, 1.807) is 47.4 Å². The molecule has 3 aromatic rings. The molecule has 0 aromatic heterocycles. The minimum atomic E-state index is -1.79. The van der Waals surface area contributed by atoms with Crippen molar-refractivity contribution in [3.05, 3.63) is 100 Å². The van der Waals surface area contributed by atoms with E-state index in [-0.39, 0.29) is 64.3 Å². The Hall–Kier alpha value is -5.74. The summed E-state index contributed by atoms with van der Waals surface area (Å²) in [4.78, 5) is 54.2. The second-order valence-electron chi connectivity index (χ2n) is 11.9. The van der Waals surface area contributed by atoms with Gasteiger partial charge in [0.05, 0.1) is 11.8 Å². The lowest BCUT2D eigenvalue weighted by atomic mass is 9.79. The van der Waals surface area contributed by atoms with E-state index in [0.717, 1.165) is 0 Å². The van der Waals surface area contributed by atoms with Crippen LogP contribution in [-0.4, -0.2) is 99.4 Å². The molecule has 0 spiro atoms. The Morgan fingerprint density at radius 2 is 1.59 bits per heavy atom. The number of nitrogens with zero attached hydrogens (tertiary/aromatic N) is 4. The molecule has 8 rings (SSSR count). The maximum atomic E-state index is 13.9. The van der Waals surface area contributed by atoms with Gasteiger partial charge in [-0.1, -0.05) is 42.5 Å². The number of para-hydroxylation sites is 1. The summed E-state index contributed by atoms with van der Waals surface area (Å²) in [6.07, 6.45) is -4.93. The molecule has 3 aromatic carbocycles. The molecule has 2 bridgehead atoms. The van der Waals surface area contributed by atoms with Crippen molar-refractivity contribution in [3.63, 3.8) is 0 Å². The minimum Gasteiger partial charge on any atom is -0.504 e. The number of aromatic hydroxyl groups is 1. The van der Waals surface area contributed by atoms with Gasteiger partial charge in [-0.05, 0) is 23.8 Å². The van der Waals surface area contributed by atoms with Crippen molar-refractivity contribution < 1.29 is 49.0 Å². The molecule has 5 aliphatic rings. The van der Waals surface area contributed by atoms with Crippen molar-refractivity contribution in [1.82, 2.24) is 0 Å². The zero-order chi connectivity index (χ0) is 34.1. The summed E-state index contributed by atoms with van der Waals surface area (Å²) in [5.74, 6) is -3.77. The molecule has 0 radical (unpaired) electrons. The number of ketones is 2. The van der Waals surface area contributed by atoms with Gasteiger partial charge < -0.3 is 45.3 Å². The van der Waals surface area contributed by atoms with Crippen molar-refractivity contribution in [2.75, 3.05) is 18.2 Å². The number of allylic oxidation sites excluding steroid dienone is 1. The number of aliphatic hydroxyl groups is 3. The molecule has 0 unspecified atom stereocenters. The molecule has 0 saturated carbocycles. The third-order valence-corrected chi connectivity index (χ3v) is 9.08. The number of aliphatic hydroxyl groups excluding tert-OH is 3. The summed E-state index contributed by atoms with van der Waals surface area (Å²) in [7, 11) is 0. The lowest BCUT2D eigenvalue weighted by Crippen LogP contribution is -2.60. The van der Waals surface area contributed by atoms with E-state index in [9.17, 15) is 34.8 Å². The highest BCUT2D eigenvalue weighted by molar-refractivity contribution is 6.72. The van der Waals surface area contributed by atoms with E-state index < -0.39 is 59.8 Å². The fourth-order valence-electron chi connectivity index (χ4n) is 6.68. The molecule has 15 nitrogen and oxygen atoms in total. The molecule has 6 atom stereocenters. The van der Waals surface area contributed by atoms with E-state index in [0.29, 0.717) is 11.3 Å². The zero-order valence-corrected chi connectivity index (χ0v) is 25.3. The predicted octanol–water partition coefficient (Wildman–Crippen LogP) is 0.502. The molecule has 6 N–H and O–H groups in total. The van der Waals surface area contributed by atoms with E-state index >= 15 is 0 Å². The van der Waals surface area contributed by atoms with E-state index in [1.807, 2.05) is 0 Å². The first-order valence-electron chi connectivity index (χ1n) is 15.3. The number of phenolic OH excluding ortho intramolecular Hbond substituents is 1. The first kappa shape index (κ1) is 30.6. The van der Waals surface area contributed by atoms with Gasteiger partial charge in [-0.25, -0.2) is 0 Å². The van der Waals surface area contributed by atoms with Crippen molar-refractivity contribution in [2.24, 2.45) is 20.7 Å². The van der Waals surface area contributed by atoms with Crippen molar-refractivity contribution in [1.29, 1.82) is 0 Å². The molecule has 15 heteroatoms. The summed E-state index contributed by atoms with van der Waals surface area (Å²) in [5.41, 5.74) is 6.87. The summed E-state index contributed by atoms with van der Waals surface area (Å²) < 4.78 is 17.7. The van der Waals surface area contributed by atoms with Gasteiger partial charge in [-0.15, -0.1) is 0 Å². The van der Waals surface area contributed by atoms with Crippen LogP contribution in [0.4, 0.5) is 5.69 Å². The second kappa shape index (κ2) is 11.5. The molecule has 248 valence electrons. The van der Waals surface area contributed by atoms with Crippen LogP contribution in [0.3, 0.4) is 0 Å². The smallest absolute Gasteiger partial charge is 0.302 e. The third kappa shape index (κ3) is 4.74. The summed E-state index contributed by atoms with van der Waals surface area (Å²) in [6, 6.07) is 14.7. The Bertz CT molecular complexity index is 2090. The average Bonchev–Trinajstić information content (AvgIpc) is 3.51. The fourth-order valence-corrected chi connectivity index (χ4v) is 6.68. The number of carbonyl (C=O) groups excluding carboxylic acids is 3. The molecule has 1 saturated heterocycles. The summed E-state index contributed by atoms with van der Waals surface area (Å²) in [5, 5.41) is 44.1. The van der Waals surface area contributed by atoms with Gasteiger partial charge in [0.2, 0.25) is 12.2 Å². The monoisotopic (exact) mass is 665 g/mol. The highest BCUT2D eigenvalue weighted by atomic mass is 16.7. The second-order valence-corrected chi connectivity index (χ2v) is 11.9. The van der Waals surface area contributed by atoms with Gasteiger partial charge in [0.15, 0.2) is 34.6 Å². The van der Waals surface area contributed by atoms with E-state index in [1.165, 1.54) is 24.5 Å². The number of hydrogen-bond acceptors (Lipinski definition) is 14. The molecular formula is C34H27N5O10. The van der Waals surface area contributed by atoms with Gasteiger partial charge >= 0.3 is 5.91 Å². The number of benzene rings is 3. The maximum absolute atomic E-state index is 13.9. The number of carbonyl (C=O) groups is 3. The van der Waals surface area contributed by atoms with Crippen LogP contribution in [-0.2, 0) is 14.3 Å². The standard InChI is InChI=1S/C34H27N5O10/c35-34-37-31-23(32(46)38-34)36-13-39(31)20-8-4-3-5-15(20)14-9-10-47-12-21-26(42)28(44)29(45)33(48-21)49-30-18(14)11-19-22(27(30)43)25(41)17-7-2-1-6-16(17)24(19)40/h1-11,14,21,26,28-29,33,42-45H,12-13H2,(H2,35,38,46)/b10-9+/t14-,21-,26-,28+,29-,33+/m0/s1. The van der Waals surface area contributed by atoms with Crippen LogP contribution in [0.5, 0.6) is 11.5 Å². The molecule has 4 heterocycles. The highest BCUT2D eigenvalue weighted by Crippen LogP contribution is 2.48. The number of hydrogen-bond donors (Lipinski definition) is 5. The van der Waals surface area contributed by atoms with Gasteiger partial charge in [0.25, 0.3) is 0 Å². The Labute approximate surface area is 276 Å². The van der Waals surface area contributed by atoms with Crippen LogP contribution in [0.2, 0.25) is 0 Å². The largest absolute Gasteiger partial charge is 0.504 e. The quantitative estimate of drug-likeness (QED) is 0.197. The topological polar surface area (TPSA) is 226 Å². The van der Waals surface area contributed by atoms with Gasteiger partial charge in [0.1, 0.15) is 37.7 Å². The van der Waals surface area contributed by atoms with Gasteiger partial charge in [0, 0.05) is 33.9 Å². The molecule has 4 aliphatic heterocycles. The van der Waals surface area contributed by atoms with E-state index in [2.05, 4.69) is 15.0 Å². The van der Waals surface area contributed by atoms with Crippen molar-refractivity contribution in [2.45, 2.75) is 36.6 Å². The minimum absolute atomic E-state index is 0.00517. The Morgan fingerprint density at radius 1 is 0.857 bits per heavy atom. The zero-order valence-electron chi connectivity index (χ0n) is 25.3. The lowest BCUT2D eigenvalue weighted by Gasteiger charge is -2.40. The van der Waals surface area contributed by atoms with Crippen LogP contribution in [0.1, 0.15) is 48.9 Å². The number of nitrogens with two attached hydrogens (primary N) is 1. The number of amidine groups is 1. The number of guanidine groups is 1. The number of rotatable bonds is 2. The Kier molecular flexibility index (Phi) is 7.15. The first-order valence-corrected chi connectivity index (χ1v) is 15.3. The van der Waals surface area contributed by atoms with E-state index in [4.69, 9.17) is 19.9 Å². The van der Waals surface area contributed by atoms with Gasteiger partial charge in [-0.3, -0.25) is 19.4 Å². The van der Waals surface area contributed by atoms with Crippen LogP contribution in [0, 0.1) is 0 Å². The first-order chi connectivity index (χ1) is 23.6. The number of anilines is 1. The normalized spacial score (nSPS) is 27.9. The molecule has 1 aliphatic carbocycles. The average molecular weight is 666 g/mol. The summed E-state index contributed by atoms with van der Waals surface area (Å²) in [6.45, 7) is -0.267. The van der Waals surface area contributed by atoms with Crippen LogP contribution in [0.25, 0.3) is 0 Å². The fraction of sp³-hybridized carbons (Fsp3) is 0.235. The molecule has 1 amide bonds. The summed E-state index contributed by atoms with van der Waals surface area (Å²) >= 11 is 0. The molecule has 1 fully saturated rings. The SMILES string of the molecule is NC1=NC(=O)C2=NCN(c3ccccc3[C@@H]3/C=C/OC[C@@H]4O[C@H](Oc5c3cc3c(c5O)C(=O)c5ccccc5C3=O)[C@@H](O)[C@H](O)[C@H]4O)C2=N1. The molecular weight excluding hydrogens is 638 g/mol. The third-order valence-electron chi connectivity index (χ3n) is 9.08. The van der Waals surface area contributed by atoms with Crippen LogP contribution in [0.15, 0.2) is 81.9 Å². The molecule has 49 heavy (non-hydrogen) atoms. The Morgan fingerprint density at radius 3 is 2.39 bits per heavy atom. The maximum Gasteiger partial charge on any atom is 0.302 e. The predicted molar refractivity (Wildman–Crippen MR) is 171 cm³/mol. The van der Waals surface area contributed by atoms with Crippen molar-refractivity contribution in [3.8, 4) is 11.5 Å². The van der Waals surface area contributed by atoms with Crippen molar-refractivity contribution >= 4 is 40.7 Å². The number of fused-ring (bicyclic) bond motifs is 6. The number of aliphatic imine (C=N–C) groups is 3. The number of amides is 1. The highest BCUT2D eigenvalue weighted by Gasteiger charge is 2.47. The van der Waals surface area contributed by atoms with Gasteiger partial charge in [-0.2, -0.15) is 9.98 Å². The number of ether oxygens (including phenoxy) is 3. The van der Waals surface area contributed by atoms with Crippen LogP contribution < -0.4 is 15.4 Å². The Balaban J connectivity index is 1.35. The lowest BCUT2D eigenvalue weighted by molar-refractivity contribution is -0.277.